The number of terminal acetylenes is 1. The second-order valence-corrected chi connectivity index (χ2v) is 5.87. The van der Waals surface area contributed by atoms with Gasteiger partial charge in [0.15, 0.2) is 4.80 Å². The number of carbonyl (C=O) groups is 1. The Morgan fingerprint density at radius 1 is 1.55 bits per heavy atom. The molecule has 0 saturated carbocycles. The van der Waals surface area contributed by atoms with Crippen LogP contribution in [0.3, 0.4) is 0 Å². The Bertz CT molecular complexity index is 749. The minimum Gasteiger partial charge on any atom is -0.302 e. The van der Waals surface area contributed by atoms with Gasteiger partial charge in [-0.05, 0) is 18.1 Å². The summed E-state index contributed by atoms with van der Waals surface area (Å²) in [7, 11) is 0. The van der Waals surface area contributed by atoms with Gasteiger partial charge in [0.1, 0.15) is 5.82 Å². The summed E-state index contributed by atoms with van der Waals surface area (Å²) in [5.74, 6) is 2.14. The van der Waals surface area contributed by atoms with Crippen molar-refractivity contribution < 1.29 is 9.18 Å². The SMILES string of the molecule is C#CCn1c(=NC(=O)CC(C)C)sc2cccc(F)c21. The normalized spacial score (nSPS) is 12.1. The molecular formula is C15H15FN2OS. The van der Waals surface area contributed by atoms with Gasteiger partial charge >= 0.3 is 0 Å². The predicted molar refractivity (Wildman–Crippen MR) is 78.6 cm³/mol. The maximum atomic E-state index is 13.9. The highest BCUT2D eigenvalue weighted by Gasteiger charge is 2.11. The molecular weight excluding hydrogens is 275 g/mol. The second kappa shape index (κ2) is 6.02. The molecule has 3 nitrogen and oxygen atoms in total. The standard InChI is InChI=1S/C15H15FN2OS/c1-4-8-18-14-11(16)6-5-7-12(14)20-15(18)17-13(19)9-10(2)3/h1,5-7,10H,8-9H2,2-3H3. The Morgan fingerprint density at radius 3 is 2.95 bits per heavy atom. The number of hydrogen-bond donors (Lipinski definition) is 0. The highest BCUT2D eigenvalue weighted by atomic mass is 32.1. The van der Waals surface area contributed by atoms with Crippen molar-refractivity contribution in [3.8, 4) is 12.3 Å². The first-order valence-corrected chi connectivity index (χ1v) is 7.13. The zero-order chi connectivity index (χ0) is 14.7. The maximum Gasteiger partial charge on any atom is 0.248 e. The first-order valence-electron chi connectivity index (χ1n) is 6.31. The zero-order valence-electron chi connectivity index (χ0n) is 11.4. The van der Waals surface area contributed by atoms with Crippen molar-refractivity contribution in [3.63, 3.8) is 0 Å². The molecule has 2 rings (SSSR count). The minimum absolute atomic E-state index is 0.189. The average Bonchev–Trinajstić information content (AvgIpc) is 2.68. The third kappa shape index (κ3) is 2.97. The van der Waals surface area contributed by atoms with E-state index in [1.165, 1.54) is 17.4 Å². The maximum absolute atomic E-state index is 13.9. The summed E-state index contributed by atoms with van der Waals surface area (Å²) in [6, 6.07) is 4.80. The van der Waals surface area contributed by atoms with Crippen molar-refractivity contribution in [2.75, 3.05) is 0 Å². The van der Waals surface area contributed by atoms with Gasteiger partial charge in [0, 0.05) is 6.42 Å². The second-order valence-electron chi connectivity index (χ2n) is 4.86. The van der Waals surface area contributed by atoms with Gasteiger partial charge in [-0.3, -0.25) is 4.79 Å². The molecule has 0 radical (unpaired) electrons. The lowest BCUT2D eigenvalue weighted by molar-refractivity contribution is -0.118. The molecule has 0 fully saturated rings. The first-order chi connectivity index (χ1) is 9.52. The lowest BCUT2D eigenvalue weighted by Gasteiger charge is -2.01. The van der Waals surface area contributed by atoms with Gasteiger partial charge in [-0.1, -0.05) is 37.2 Å². The summed E-state index contributed by atoms with van der Waals surface area (Å²) in [6.45, 7) is 4.09. The quantitative estimate of drug-likeness (QED) is 0.800. The molecule has 104 valence electrons. The fourth-order valence-corrected chi connectivity index (χ4v) is 2.97. The van der Waals surface area contributed by atoms with Crippen LogP contribution in [0.5, 0.6) is 0 Å². The van der Waals surface area contributed by atoms with E-state index >= 15 is 0 Å². The molecule has 5 heteroatoms. The Balaban J connectivity index is 2.61. The minimum atomic E-state index is -0.355. The Labute approximate surface area is 120 Å². The molecule has 1 heterocycles. The van der Waals surface area contributed by atoms with Crippen LogP contribution in [0.1, 0.15) is 20.3 Å². The summed E-state index contributed by atoms with van der Waals surface area (Å²) < 4.78 is 16.2. The van der Waals surface area contributed by atoms with E-state index in [1.54, 1.807) is 16.7 Å². The summed E-state index contributed by atoms with van der Waals surface area (Å²) in [4.78, 5) is 16.4. The van der Waals surface area contributed by atoms with Crippen LogP contribution in [0.25, 0.3) is 10.2 Å². The molecule has 0 N–H and O–H groups in total. The van der Waals surface area contributed by atoms with E-state index < -0.39 is 0 Å². The number of fused-ring (bicyclic) bond motifs is 1. The van der Waals surface area contributed by atoms with E-state index in [2.05, 4.69) is 10.9 Å². The highest BCUT2D eigenvalue weighted by Crippen LogP contribution is 2.20. The number of nitrogens with zero attached hydrogens (tertiary/aromatic N) is 2. The van der Waals surface area contributed by atoms with Crippen molar-refractivity contribution in [2.45, 2.75) is 26.8 Å². The summed E-state index contributed by atoms with van der Waals surface area (Å²) in [6.07, 6.45) is 5.69. The van der Waals surface area contributed by atoms with Crippen LogP contribution in [0.4, 0.5) is 4.39 Å². The van der Waals surface area contributed by atoms with E-state index in [0.717, 1.165) is 4.70 Å². The Morgan fingerprint density at radius 2 is 2.30 bits per heavy atom. The highest BCUT2D eigenvalue weighted by molar-refractivity contribution is 7.16. The van der Waals surface area contributed by atoms with Gasteiger partial charge in [0.25, 0.3) is 0 Å². The Kier molecular flexibility index (Phi) is 4.35. The molecule has 0 saturated heterocycles. The van der Waals surface area contributed by atoms with Gasteiger partial charge in [0.2, 0.25) is 5.91 Å². The molecule has 2 aromatic rings. The number of benzene rings is 1. The molecule has 0 atom stereocenters. The predicted octanol–water partition coefficient (Wildman–Crippen LogP) is 2.95. The molecule has 1 amide bonds. The van der Waals surface area contributed by atoms with Gasteiger partial charge in [-0.2, -0.15) is 4.99 Å². The van der Waals surface area contributed by atoms with Crippen molar-refractivity contribution in [1.29, 1.82) is 0 Å². The lowest BCUT2D eigenvalue weighted by atomic mass is 10.1. The monoisotopic (exact) mass is 290 g/mol. The van der Waals surface area contributed by atoms with E-state index in [1.807, 2.05) is 13.8 Å². The molecule has 0 bridgehead atoms. The fourth-order valence-electron chi connectivity index (χ4n) is 1.91. The molecule has 0 aliphatic rings. The molecule has 0 spiro atoms. The smallest absolute Gasteiger partial charge is 0.248 e. The van der Waals surface area contributed by atoms with Crippen molar-refractivity contribution in [3.05, 3.63) is 28.8 Å². The number of hydrogen-bond acceptors (Lipinski definition) is 2. The fraction of sp³-hybridized carbons (Fsp3) is 0.333. The number of halogens is 1. The number of thiazole rings is 1. The molecule has 0 unspecified atom stereocenters. The van der Waals surface area contributed by atoms with Gasteiger partial charge < -0.3 is 4.57 Å². The van der Waals surface area contributed by atoms with Crippen molar-refractivity contribution >= 4 is 27.5 Å². The van der Waals surface area contributed by atoms with Gasteiger partial charge in [-0.15, -0.1) is 6.42 Å². The number of para-hydroxylation sites is 1. The molecule has 20 heavy (non-hydrogen) atoms. The van der Waals surface area contributed by atoms with Crippen LogP contribution in [0, 0.1) is 24.1 Å². The van der Waals surface area contributed by atoms with Crippen LogP contribution in [-0.4, -0.2) is 10.5 Å². The lowest BCUT2D eigenvalue weighted by Crippen LogP contribution is -2.17. The van der Waals surface area contributed by atoms with E-state index in [-0.39, 0.29) is 24.2 Å². The van der Waals surface area contributed by atoms with Crippen molar-refractivity contribution in [1.82, 2.24) is 4.57 Å². The molecule has 0 aliphatic heterocycles. The Hall–Kier alpha value is -1.93. The summed E-state index contributed by atoms with van der Waals surface area (Å²) in [5, 5.41) is 0. The summed E-state index contributed by atoms with van der Waals surface area (Å²) >= 11 is 1.27. The molecule has 1 aromatic heterocycles. The summed E-state index contributed by atoms with van der Waals surface area (Å²) in [5.41, 5.74) is 0.409. The van der Waals surface area contributed by atoms with E-state index in [9.17, 15) is 9.18 Å². The number of amides is 1. The van der Waals surface area contributed by atoms with Crippen LogP contribution in [-0.2, 0) is 11.3 Å². The van der Waals surface area contributed by atoms with Crippen LogP contribution < -0.4 is 4.80 Å². The number of carbonyl (C=O) groups excluding carboxylic acids is 1. The average molecular weight is 290 g/mol. The zero-order valence-corrected chi connectivity index (χ0v) is 12.2. The topological polar surface area (TPSA) is 34.4 Å². The van der Waals surface area contributed by atoms with Crippen molar-refractivity contribution in [2.24, 2.45) is 10.9 Å². The van der Waals surface area contributed by atoms with E-state index in [4.69, 9.17) is 6.42 Å². The third-order valence-electron chi connectivity index (χ3n) is 2.70. The van der Waals surface area contributed by atoms with Gasteiger partial charge in [0.05, 0.1) is 16.8 Å². The van der Waals surface area contributed by atoms with Crippen LogP contribution in [0.2, 0.25) is 0 Å². The third-order valence-corrected chi connectivity index (χ3v) is 3.75. The van der Waals surface area contributed by atoms with Gasteiger partial charge in [-0.25, -0.2) is 4.39 Å². The number of rotatable bonds is 3. The molecule has 1 aromatic carbocycles. The van der Waals surface area contributed by atoms with E-state index in [0.29, 0.717) is 16.7 Å². The van der Waals surface area contributed by atoms with Crippen LogP contribution in [0.15, 0.2) is 23.2 Å². The number of aromatic nitrogens is 1. The molecule has 0 aliphatic carbocycles. The van der Waals surface area contributed by atoms with Crippen LogP contribution >= 0.6 is 11.3 Å². The largest absolute Gasteiger partial charge is 0.302 e. The first kappa shape index (κ1) is 14.5.